The SMILES string of the molecule is CNC(=O)C1CCCN(C(=O)Nc2ccccc2F)C1. The van der Waals surface area contributed by atoms with Crippen molar-refractivity contribution in [2.45, 2.75) is 12.8 Å². The second-order valence-electron chi connectivity index (χ2n) is 4.81. The summed E-state index contributed by atoms with van der Waals surface area (Å²) in [7, 11) is 1.58. The van der Waals surface area contributed by atoms with Crippen LogP contribution in [0.3, 0.4) is 0 Å². The molecule has 0 saturated carbocycles. The Balaban J connectivity index is 1.99. The number of amides is 3. The standard InChI is InChI=1S/C14H18FN3O2/c1-16-13(19)10-5-4-8-18(9-10)14(20)17-12-7-3-2-6-11(12)15/h2-3,6-7,10H,4-5,8-9H2,1H3,(H,16,19)(H,17,20). The van der Waals surface area contributed by atoms with E-state index in [9.17, 15) is 14.0 Å². The van der Waals surface area contributed by atoms with E-state index in [0.29, 0.717) is 13.1 Å². The number of hydrogen-bond donors (Lipinski definition) is 2. The molecule has 0 aromatic heterocycles. The molecule has 20 heavy (non-hydrogen) atoms. The van der Waals surface area contributed by atoms with Crippen LogP contribution in [-0.4, -0.2) is 37.0 Å². The Hall–Kier alpha value is -2.11. The van der Waals surface area contributed by atoms with Crippen molar-refractivity contribution in [3.05, 3.63) is 30.1 Å². The first-order valence-electron chi connectivity index (χ1n) is 6.64. The van der Waals surface area contributed by atoms with Gasteiger partial charge in [0.1, 0.15) is 5.82 Å². The zero-order chi connectivity index (χ0) is 14.5. The number of para-hydroxylation sites is 1. The molecule has 2 rings (SSSR count). The highest BCUT2D eigenvalue weighted by Gasteiger charge is 2.28. The van der Waals surface area contributed by atoms with Gasteiger partial charge in [-0.1, -0.05) is 12.1 Å². The lowest BCUT2D eigenvalue weighted by Crippen LogP contribution is -2.46. The van der Waals surface area contributed by atoms with Crippen molar-refractivity contribution in [2.75, 3.05) is 25.5 Å². The molecule has 3 amide bonds. The summed E-state index contributed by atoms with van der Waals surface area (Å²) in [5, 5.41) is 5.13. The minimum atomic E-state index is -0.472. The molecule has 1 aromatic rings. The molecule has 1 aliphatic rings. The fraction of sp³-hybridized carbons (Fsp3) is 0.429. The molecular formula is C14H18FN3O2. The van der Waals surface area contributed by atoms with E-state index in [1.54, 1.807) is 24.1 Å². The molecule has 1 saturated heterocycles. The van der Waals surface area contributed by atoms with Crippen molar-refractivity contribution in [3.63, 3.8) is 0 Å². The Kier molecular flexibility index (Phi) is 4.55. The largest absolute Gasteiger partial charge is 0.359 e. The maximum Gasteiger partial charge on any atom is 0.321 e. The van der Waals surface area contributed by atoms with Crippen molar-refractivity contribution in [1.29, 1.82) is 0 Å². The molecule has 6 heteroatoms. The minimum Gasteiger partial charge on any atom is -0.359 e. The number of benzene rings is 1. The number of nitrogens with zero attached hydrogens (tertiary/aromatic N) is 1. The summed E-state index contributed by atoms with van der Waals surface area (Å²) in [4.78, 5) is 25.3. The van der Waals surface area contributed by atoms with Crippen molar-refractivity contribution in [2.24, 2.45) is 5.92 Å². The Bertz CT molecular complexity index is 507. The van der Waals surface area contributed by atoms with Gasteiger partial charge in [-0.05, 0) is 25.0 Å². The first-order valence-corrected chi connectivity index (χ1v) is 6.64. The first-order chi connectivity index (χ1) is 9.61. The van der Waals surface area contributed by atoms with Crippen LogP contribution in [0, 0.1) is 11.7 Å². The first kappa shape index (κ1) is 14.3. The third kappa shape index (κ3) is 3.26. The molecule has 2 N–H and O–H groups in total. The number of halogens is 1. The molecule has 1 heterocycles. The van der Waals surface area contributed by atoms with Crippen LogP contribution in [0.2, 0.25) is 0 Å². The molecule has 1 atom stereocenters. The normalized spacial score (nSPS) is 18.5. The summed E-state index contributed by atoms with van der Waals surface area (Å²) in [6.07, 6.45) is 1.53. The second-order valence-corrected chi connectivity index (χ2v) is 4.81. The van der Waals surface area contributed by atoms with Gasteiger partial charge in [0.2, 0.25) is 5.91 Å². The van der Waals surface area contributed by atoms with E-state index in [-0.39, 0.29) is 23.5 Å². The summed E-state index contributed by atoms with van der Waals surface area (Å²) in [6.45, 7) is 0.938. The maximum absolute atomic E-state index is 13.5. The van der Waals surface area contributed by atoms with Crippen molar-refractivity contribution in [1.82, 2.24) is 10.2 Å². The van der Waals surface area contributed by atoms with Gasteiger partial charge in [0.15, 0.2) is 0 Å². The highest BCUT2D eigenvalue weighted by molar-refractivity contribution is 5.90. The summed E-state index contributed by atoms with van der Waals surface area (Å²) in [5.41, 5.74) is 0.152. The number of likely N-dealkylation sites (tertiary alicyclic amines) is 1. The zero-order valence-electron chi connectivity index (χ0n) is 11.4. The highest BCUT2D eigenvalue weighted by atomic mass is 19.1. The van der Waals surface area contributed by atoms with E-state index in [2.05, 4.69) is 10.6 Å². The molecule has 1 unspecified atom stereocenters. The van der Waals surface area contributed by atoms with Gasteiger partial charge in [-0.3, -0.25) is 4.79 Å². The molecule has 1 aromatic carbocycles. The van der Waals surface area contributed by atoms with Crippen LogP contribution < -0.4 is 10.6 Å². The van der Waals surface area contributed by atoms with Crippen LogP contribution in [-0.2, 0) is 4.79 Å². The monoisotopic (exact) mass is 279 g/mol. The molecule has 0 aliphatic carbocycles. The summed E-state index contributed by atoms with van der Waals surface area (Å²) < 4.78 is 13.5. The van der Waals surface area contributed by atoms with Gasteiger partial charge in [0.25, 0.3) is 0 Å². The smallest absolute Gasteiger partial charge is 0.321 e. The maximum atomic E-state index is 13.5. The number of urea groups is 1. The molecule has 0 bridgehead atoms. The van der Waals surface area contributed by atoms with E-state index >= 15 is 0 Å². The average Bonchev–Trinajstić information content (AvgIpc) is 2.49. The number of rotatable bonds is 2. The van der Waals surface area contributed by atoms with Crippen LogP contribution >= 0.6 is 0 Å². The van der Waals surface area contributed by atoms with Gasteiger partial charge >= 0.3 is 6.03 Å². The van der Waals surface area contributed by atoms with E-state index in [1.807, 2.05) is 0 Å². The topological polar surface area (TPSA) is 61.4 Å². The van der Waals surface area contributed by atoms with E-state index in [0.717, 1.165) is 12.8 Å². The number of anilines is 1. The van der Waals surface area contributed by atoms with Crippen LogP contribution in [0.1, 0.15) is 12.8 Å². The number of piperidine rings is 1. The van der Waals surface area contributed by atoms with Crippen LogP contribution in [0.25, 0.3) is 0 Å². The quantitative estimate of drug-likeness (QED) is 0.867. The van der Waals surface area contributed by atoms with Crippen molar-refractivity contribution >= 4 is 17.6 Å². The summed E-state index contributed by atoms with van der Waals surface area (Å²) >= 11 is 0. The highest BCUT2D eigenvalue weighted by Crippen LogP contribution is 2.19. The predicted octanol–water partition coefficient (Wildman–Crippen LogP) is 1.82. The van der Waals surface area contributed by atoms with Crippen molar-refractivity contribution in [3.8, 4) is 0 Å². The zero-order valence-corrected chi connectivity index (χ0v) is 11.4. The van der Waals surface area contributed by atoms with Crippen LogP contribution in [0.15, 0.2) is 24.3 Å². The molecular weight excluding hydrogens is 261 g/mol. The molecule has 5 nitrogen and oxygen atoms in total. The number of nitrogens with one attached hydrogen (secondary N) is 2. The predicted molar refractivity (Wildman–Crippen MR) is 73.8 cm³/mol. The van der Waals surface area contributed by atoms with Gasteiger partial charge in [-0.15, -0.1) is 0 Å². The van der Waals surface area contributed by atoms with E-state index < -0.39 is 5.82 Å². The Morgan fingerprint density at radius 3 is 2.80 bits per heavy atom. The average molecular weight is 279 g/mol. The lowest BCUT2D eigenvalue weighted by Gasteiger charge is -2.31. The second kappa shape index (κ2) is 6.36. The van der Waals surface area contributed by atoms with Crippen molar-refractivity contribution < 1.29 is 14.0 Å². The molecule has 1 aliphatic heterocycles. The van der Waals surface area contributed by atoms with Gasteiger partial charge in [0.05, 0.1) is 11.6 Å². The van der Waals surface area contributed by atoms with E-state index in [1.165, 1.54) is 12.1 Å². The summed E-state index contributed by atoms with van der Waals surface area (Å²) in [6, 6.07) is 5.64. The minimum absolute atomic E-state index is 0.0617. The van der Waals surface area contributed by atoms with Gasteiger partial charge in [-0.25, -0.2) is 9.18 Å². The Morgan fingerprint density at radius 1 is 1.35 bits per heavy atom. The third-order valence-corrected chi connectivity index (χ3v) is 3.44. The molecule has 0 spiro atoms. The van der Waals surface area contributed by atoms with Gasteiger partial charge in [0, 0.05) is 20.1 Å². The lowest BCUT2D eigenvalue weighted by atomic mass is 9.97. The van der Waals surface area contributed by atoms with Gasteiger partial charge < -0.3 is 15.5 Å². The fourth-order valence-corrected chi connectivity index (χ4v) is 2.34. The number of hydrogen-bond acceptors (Lipinski definition) is 2. The molecule has 108 valence electrons. The van der Waals surface area contributed by atoms with Crippen LogP contribution in [0.4, 0.5) is 14.9 Å². The van der Waals surface area contributed by atoms with E-state index in [4.69, 9.17) is 0 Å². The third-order valence-electron chi connectivity index (χ3n) is 3.44. The van der Waals surface area contributed by atoms with Crippen LogP contribution in [0.5, 0.6) is 0 Å². The lowest BCUT2D eigenvalue weighted by molar-refractivity contribution is -0.125. The fourth-order valence-electron chi connectivity index (χ4n) is 2.34. The number of carbonyl (C=O) groups excluding carboxylic acids is 2. The van der Waals surface area contributed by atoms with Gasteiger partial charge in [-0.2, -0.15) is 0 Å². The molecule has 0 radical (unpaired) electrons. The number of carbonyl (C=O) groups is 2. The molecule has 1 fully saturated rings. The Labute approximate surface area is 117 Å². The Morgan fingerprint density at radius 2 is 2.10 bits per heavy atom. The summed E-state index contributed by atoms with van der Waals surface area (Å²) in [5.74, 6) is -0.728.